The van der Waals surface area contributed by atoms with Crippen LogP contribution in [-0.4, -0.2) is 59.5 Å². The molecule has 0 fully saturated rings. The van der Waals surface area contributed by atoms with Gasteiger partial charge in [0.05, 0.1) is 18.9 Å². The summed E-state index contributed by atoms with van der Waals surface area (Å²) < 4.78 is 39.8. The average molecular weight is 437 g/mol. The molecule has 1 aliphatic rings. The van der Waals surface area contributed by atoms with Gasteiger partial charge < -0.3 is 14.4 Å². The summed E-state index contributed by atoms with van der Waals surface area (Å²) in [7, 11) is 0.0209. The molecule has 0 unspecified atom stereocenters. The molecule has 0 spiro atoms. The third-order valence-corrected chi connectivity index (χ3v) is 6.26. The fraction of sp³-hybridized carbons (Fsp3) is 0.381. The number of nitrogens with zero attached hydrogens (tertiary/aromatic N) is 2. The Bertz CT molecular complexity index is 975. The summed E-state index contributed by atoms with van der Waals surface area (Å²) in [6, 6.07) is 12.1. The smallest absolute Gasteiger partial charge is 0.283 e. The molecule has 29 heavy (non-hydrogen) atoms. The van der Waals surface area contributed by atoms with Crippen molar-refractivity contribution in [3.63, 3.8) is 0 Å². The third kappa shape index (κ3) is 5.57. The van der Waals surface area contributed by atoms with Gasteiger partial charge in [-0.15, -0.1) is 0 Å². The van der Waals surface area contributed by atoms with Crippen LogP contribution in [-0.2, 0) is 14.8 Å². The van der Waals surface area contributed by atoms with E-state index in [-0.39, 0.29) is 4.90 Å². The molecule has 0 bridgehead atoms. The van der Waals surface area contributed by atoms with Crippen LogP contribution in [0.4, 0.5) is 0 Å². The molecule has 3 rings (SSSR count). The second-order valence-corrected chi connectivity index (χ2v) is 8.94. The Labute approximate surface area is 177 Å². The summed E-state index contributed by atoms with van der Waals surface area (Å²) in [6.07, 6.45) is 1.88. The van der Waals surface area contributed by atoms with Gasteiger partial charge >= 0.3 is 0 Å². The minimum absolute atomic E-state index is 0.180. The summed E-state index contributed by atoms with van der Waals surface area (Å²) in [4.78, 5) is 2.39. The number of fused-ring (bicyclic) bond motifs is 1. The quantitative estimate of drug-likeness (QED) is 0.532. The lowest BCUT2D eigenvalue weighted by Crippen LogP contribution is -2.24. The summed E-state index contributed by atoms with van der Waals surface area (Å²) in [5.41, 5.74) is 1.73. The molecular formula is C21H25ClN2O4S. The number of benzene rings is 2. The molecule has 0 aromatic heterocycles. The van der Waals surface area contributed by atoms with Crippen LogP contribution in [0.1, 0.15) is 24.0 Å². The van der Waals surface area contributed by atoms with Crippen LogP contribution in [0.3, 0.4) is 0 Å². The topological polar surface area (TPSA) is 68.2 Å². The number of hydrogen-bond acceptors (Lipinski definition) is 5. The van der Waals surface area contributed by atoms with Crippen molar-refractivity contribution < 1.29 is 17.9 Å². The van der Waals surface area contributed by atoms with Gasteiger partial charge in [-0.1, -0.05) is 23.7 Å². The maximum absolute atomic E-state index is 12.5. The fourth-order valence-corrected chi connectivity index (χ4v) is 4.44. The summed E-state index contributed by atoms with van der Waals surface area (Å²) in [6.45, 7) is 3.11. The number of ether oxygens (including phenoxy) is 2. The number of likely N-dealkylation sites (N-methyl/N-ethyl adjacent to an activating group) is 1. The van der Waals surface area contributed by atoms with Gasteiger partial charge in [-0.2, -0.15) is 12.8 Å². The fourth-order valence-electron chi connectivity index (χ4n) is 3.07. The highest BCUT2D eigenvalue weighted by molar-refractivity contribution is 7.90. The van der Waals surface area contributed by atoms with E-state index in [1.165, 1.54) is 0 Å². The predicted molar refractivity (Wildman–Crippen MR) is 115 cm³/mol. The van der Waals surface area contributed by atoms with Crippen molar-refractivity contribution in [3.05, 3.63) is 58.6 Å². The minimum Gasteiger partial charge on any atom is -0.494 e. The molecule has 0 N–H and O–H groups in total. The first kappa shape index (κ1) is 21.8. The van der Waals surface area contributed by atoms with Gasteiger partial charge in [-0.3, -0.25) is 0 Å². The van der Waals surface area contributed by atoms with E-state index < -0.39 is 10.0 Å². The Hall–Kier alpha value is -1.93. The first-order valence-electron chi connectivity index (χ1n) is 9.46. The van der Waals surface area contributed by atoms with Crippen LogP contribution in [0.15, 0.2) is 51.8 Å². The molecule has 0 amide bonds. The van der Waals surface area contributed by atoms with Crippen LogP contribution in [0.5, 0.6) is 5.75 Å². The number of rotatable bonds is 10. The van der Waals surface area contributed by atoms with Crippen LogP contribution in [0.25, 0.3) is 0 Å². The molecule has 0 saturated heterocycles. The molecule has 1 heterocycles. The molecular weight excluding hydrogens is 412 g/mol. The van der Waals surface area contributed by atoms with E-state index >= 15 is 0 Å². The van der Waals surface area contributed by atoms with Crippen LogP contribution < -0.4 is 4.74 Å². The second kappa shape index (κ2) is 9.71. The monoisotopic (exact) mass is 436 g/mol. The summed E-state index contributed by atoms with van der Waals surface area (Å²) >= 11 is 5.92. The molecule has 156 valence electrons. The van der Waals surface area contributed by atoms with E-state index in [0.717, 1.165) is 32.5 Å². The normalized spacial score (nSPS) is 14.7. The lowest BCUT2D eigenvalue weighted by molar-refractivity contribution is 0.159. The number of halogens is 1. The first-order chi connectivity index (χ1) is 13.9. The Balaban J connectivity index is 1.61. The van der Waals surface area contributed by atoms with Crippen molar-refractivity contribution in [1.29, 1.82) is 0 Å². The van der Waals surface area contributed by atoms with Gasteiger partial charge in [0.25, 0.3) is 10.0 Å². The van der Waals surface area contributed by atoms with E-state index in [2.05, 4.69) is 16.3 Å². The second-order valence-electron chi connectivity index (χ2n) is 6.93. The van der Waals surface area contributed by atoms with Gasteiger partial charge in [0.15, 0.2) is 0 Å². The van der Waals surface area contributed by atoms with Crippen molar-refractivity contribution in [2.45, 2.75) is 17.7 Å². The number of hydrogen-bond donors (Lipinski definition) is 0. The molecule has 6 nitrogen and oxygen atoms in total. The molecule has 0 saturated carbocycles. The molecule has 2 aromatic rings. The Morgan fingerprint density at radius 2 is 1.79 bits per heavy atom. The molecule has 0 aliphatic carbocycles. The van der Waals surface area contributed by atoms with Crippen molar-refractivity contribution >= 4 is 27.3 Å². The van der Waals surface area contributed by atoms with E-state index in [1.54, 1.807) is 49.6 Å². The molecule has 0 radical (unpaired) electrons. The Morgan fingerprint density at radius 1 is 1.03 bits per heavy atom. The van der Waals surface area contributed by atoms with Crippen molar-refractivity contribution in [2.75, 3.05) is 40.5 Å². The molecule has 1 aliphatic heterocycles. The van der Waals surface area contributed by atoms with Crippen molar-refractivity contribution in [1.82, 2.24) is 4.90 Å². The van der Waals surface area contributed by atoms with Gasteiger partial charge in [-0.05, 0) is 50.7 Å². The van der Waals surface area contributed by atoms with E-state index in [0.29, 0.717) is 34.2 Å². The van der Waals surface area contributed by atoms with Crippen molar-refractivity contribution in [2.24, 2.45) is 4.40 Å². The third-order valence-electron chi connectivity index (χ3n) is 4.70. The minimum atomic E-state index is -3.73. The molecule has 2 aromatic carbocycles. The zero-order chi connectivity index (χ0) is 20.9. The zero-order valence-corrected chi connectivity index (χ0v) is 18.2. The van der Waals surface area contributed by atoms with Gasteiger partial charge in [0.2, 0.25) is 0 Å². The van der Waals surface area contributed by atoms with E-state index in [9.17, 15) is 8.42 Å². The summed E-state index contributed by atoms with van der Waals surface area (Å²) in [5, 5.41) is 0.587. The maximum atomic E-state index is 12.5. The van der Waals surface area contributed by atoms with E-state index in [1.807, 2.05) is 0 Å². The highest BCUT2D eigenvalue weighted by Gasteiger charge is 2.30. The number of sulfonamides is 1. The Morgan fingerprint density at radius 3 is 2.52 bits per heavy atom. The lowest BCUT2D eigenvalue weighted by Gasteiger charge is -2.15. The number of methoxy groups -OCH3 is 1. The van der Waals surface area contributed by atoms with Crippen LogP contribution >= 0.6 is 11.6 Å². The van der Waals surface area contributed by atoms with Crippen molar-refractivity contribution in [3.8, 4) is 5.75 Å². The average Bonchev–Trinajstić information content (AvgIpc) is 2.97. The Kier molecular flexibility index (Phi) is 7.29. The standard InChI is InChI=1S/C21H25ClN2O4S/c1-24(12-14-27-2)11-3-4-13-28-18-9-10-19-20(15-18)29(25,26)23-21(19)16-5-7-17(22)8-6-16/h5-10,15H,3-4,11-14H2,1-2H3. The highest BCUT2D eigenvalue weighted by Crippen LogP contribution is 2.32. The lowest BCUT2D eigenvalue weighted by atomic mass is 10.0. The first-order valence-corrected chi connectivity index (χ1v) is 11.3. The SMILES string of the molecule is COCCN(C)CCCCOc1ccc2c(c1)S(=O)(=O)N=C2c1ccc(Cl)cc1. The highest BCUT2D eigenvalue weighted by atomic mass is 35.5. The number of unbranched alkanes of at least 4 members (excludes halogenated alkanes) is 1. The summed E-state index contributed by atoms with van der Waals surface area (Å²) in [5.74, 6) is 0.535. The van der Waals surface area contributed by atoms with Gasteiger partial charge in [0, 0.05) is 35.9 Å². The zero-order valence-electron chi connectivity index (χ0n) is 16.6. The molecule has 0 atom stereocenters. The predicted octanol–water partition coefficient (Wildman–Crippen LogP) is 3.62. The van der Waals surface area contributed by atoms with Gasteiger partial charge in [0.1, 0.15) is 10.6 Å². The van der Waals surface area contributed by atoms with Crippen LogP contribution in [0.2, 0.25) is 5.02 Å². The van der Waals surface area contributed by atoms with E-state index in [4.69, 9.17) is 21.1 Å². The molecule has 8 heteroatoms. The maximum Gasteiger partial charge on any atom is 0.283 e. The van der Waals surface area contributed by atoms with Gasteiger partial charge in [-0.25, -0.2) is 0 Å². The largest absolute Gasteiger partial charge is 0.494 e. The van der Waals surface area contributed by atoms with Crippen LogP contribution in [0, 0.1) is 0 Å².